The summed E-state index contributed by atoms with van der Waals surface area (Å²) in [4.78, 5) is 30.6. The Hall–Kier alpha value is -1.69. The van der Waals surface area contributed by atoms with Crippen molar-refractivity contribution in [1.82, 2.24) is 14.5 Å². The van der Waals surface area contributed by atoms with Crippen LogP contribution < -0.4 is 5.56 Å². The predicted octanol–water partition coefficient (Wildman–Crippen LogP) is 1.78. The molecule has 5 nitrogen and oxygen atoms in total. The Morgan fingerprint density at radius 2 is 2.05 bits per heavy atom. The zero-order valence-electron chi connectivity index (χ0n) is 10.9. The molecule has 3 rings (SSSR count). The van der Waals surface area contributed by atoms with E-state index in [1.807, 2.05) is 6.07 Å². The molecule has 0 atom stereocenters. The van der Waals surface area contributed by atoms with E-state index in [1.54, 1.807) is 17.0 Å². The number of fused-ring (bicyclic) bond motifs is 1. The van der Waals surface area contributed by atoms with Crippen molar-refractivity contribution in [2.24, 2.45) is 0 Å². The van der Waals surface area contributed by atoms with E-state index in [0.717, 1.165) is 25.9 Å². The predicted molar refractivity (Wildman–Crippen MR) is 79.5 cm³/mol. The summed E-state index contributed by atoms with van der Waals surface area (Å²) in [5.74, 6) is -0.0159. The van der Waals surface area contributed by atoms with Gasteiger partial charge < -0.3 is 4.90 Å². The quantitative estimate of drug-likeness (QED) is 0.840. The molecule has 1 saturated heterocycles. The zero-order valence-corrected chi connectivity index (χ0v) is 12.5. The van der Waals surface area contributed by atoms with Gasteiger partial charge in [-0.1, -0.05) is 6.07 Å². The molecule has 0 aliphatic carbocycles. The van der Waals surface area contributed by atoms with E-state index in [-0.39, 0.29) is 18.0 Å². The molecule has 1 fully saturated rings. The maximum atomic E-state index is 12.4. The number of benzene rings is 1. The van der Waals surface area contributed by atoms with Crippen LogP contribution in [-0.2, 0) is 11.3 Å². The minimum atomic E-state index is -0.185. The fourth-order valence-electron chi connectivity index (χ4n) is 2.48. The Bertz CT molecular complexity index is 720. The number of aromatic nitrogens is 2. The number of likely N-dealkylation sites (tertiary alicyclic amines) is 1. The molecule has 104 valence electrons. The summed E-state index contributed by atoms with van der Waals surface area (Å²) in [5.41, 5.74) is 0.448. The number of rotatable bonds is 2. The molecule has 2 heterocycles. The Labute approximate surface area is 124 Å². The Kier molecular flexibility index (Phi) is 3.56. The molecule has 1 aromatic heterocycles. The molecule has 0 bridgehead atoms. The van der Waals surface area contributed by atoms with Gasteiger partial charge in [0.25, 0.3) is 5.56 Å². The highest BCUT2D eigenvalue weighted by molar-refractivity contribution is 9.10. The van der Waals surface area contributed by atoms with Gasteiger partial charge in [0.15, 0.2) is 0 Å². The summed E-state index contributed by atoms with van der Waals surface area (Å²) >= 11 is 3.37. The molecule has 1 aliphatic heterocycles. The highest BCUT2D eigenvalue weighted by Crippen LogP contribution is 2.18. The lowest BCUT2D eigenvalue weighted by Crippen LogP contribution is -2.34. The van der Waals surface area contributed by atoms with Crippen LogP contribution in [0.15, 0.2) is 33.8 Å². The lowest BCUT2D eigenvalue weighted by atomic mass is 10.2. The number of carbonyl (C=O) groups excluding carboxylic acids is 1. The third-order valence-corrected chi connectivity index (χ3v) is 4.23. The third-order valence-electron chi connectivity index (χ3n) is 3.57. The van der Waals surface area contributed by atoms with E-state index in [1.165, 1.54) is 10.9 Å². The van der Waals surface area contributed by atoms with Crippen molar-refractivity contribution in [2.45, 2.75) is 19.4 Å². The molecular weight excluding hydrogens is 322 g/mol. The lowest BCUT2D eigenvalue weighted by Gasteiger charge is -2.16. The van der Waals surface area contributed by atoms with Gasteiger partial charge in [0, 0.05) is 17.6 Å². The average Bonchev–Trinajstić information content (AvgIpc) is 2.96. The van der Waals surface area contributed by atoms with Crippen LogP contribution >= 0.6 is 15.9 Å². The van der Waals surface area contributed by atoms with Crippen molar-refractivity contribution >= 4 is 32.7 Å². The number of carbonyl (C=O) groups is 1. The van der Waals surface area contributed by atoms with Crippen LogP contribution in [0.5, 0.6) is 0 Å². The van der Waals surface area contributed by atoms with Crippen LogP contribution in [-0.4, -0.2) is 33.4 Å². The third kappa shape index (κ3) is 2.35. The first-order valence-corrected chi connectivity index (χ1v) is 7.37. The van der Waals surface area contributed by atoms with Crippen LogP contribution in [0.25, 0.3) is 10.9 Å². The van der Waals surface area contributed by atoms with Crippen molar-refractivity contribution in [2.75, 3.05) is 13.1 Å². The fourth-order valence-corrected chi connectivity index (χ4v) is 3.01. The number of hydrogen-bond acceptors (Lipinski definition) is 3. The second-order valence-corrected chi connectivity index (χ2v) is 5.75. The Morgan fingerprint density at radius 3 is 2.80 bits per heavy atom. The second-order valence-electron chi connectivity index (χ2n) is 4.90. The van der Waals surface area contributed by atoms with Crippen LogP contribution in [0.2, 0.25) is 0 Å². The first-order chi connectivity index (χ1) is 9.66. The molecule has 0 spiro atoms. The number of amides is 1. The smallest absolute Gasteiger partial charge is 0.262 e. The van der Waals surface area contributed by atoms with Gasteiger partial charge in [-0.05, 0) is 40.9 Å². The minimum absolute atomic E-state index is 0.0159. The summed E-state index contributed by atoms with van der Waals surface area (Å²) in [6.07, 6.45) is 3.54. The number of halogens is 1. The van der Waals surface area contributed by atoms with Crippen LogP contribution in [0, 0.1) is 0 Å². The van der Waals surface area contributed by atoms with Crippen molar-refractivity contribution in [1.29, 1.82) is 0 Å². The molecule has 1 aromatic carbocycles. The maximum Gasteiger partial charge on any atom is 0.262 e. The van der Waals surface area contributed by atoms with Crippen LogP contribution in [0.4, 0.5) is 0 Å². The first-order valence-electron chi connectivity index (χ1n) is 6.58. The molecular formula is C14H14BrN3O2. The van der Waals surface area contributed by atoms with Crippen molar-refractivity contribution < 1.29 is 4.79 Å². The van der Waals surface area contributed by atoms with Gasteiger partial charge >= 0.3 is 0 Å². The maximum absolute atomic E-state index is 12.4. The van der Waals surface area contributed by atoms with E-state index in [9.17, 15) is 9.59 Å². The molecule has 0 unspecified atom stereocenters. The molecule has 1 amide bonds. The molecule has 2 aromatic rings. The van der Waals surface area contributed by atoms with E-state index in [0.29, 0.717) is 15.4 Å². The summed E-state index contributed by atoms with van der Waals surface area (Å²) in [7, 11) is 0. The molecule has 0 saturated carbocycles. The van der Waals surface area contributed by atoms with Crippen molar-refractivity contribution in [3.8, 4) is 0 Å². The normalized spacial score (nSPS) is 14.9. The molecule has 0 radical (unpaired) electrons. The van der Waals surface area contributed by atoms with Gasteiger partial charge in [-0.2, -0.15) is 0 Å². The highest BCUT2D eigenvalue weighted by atomic mass is 79.9. The van der Waals surface area contributed by atoms with E-state index < -0.39 is 0 Å². The van der Waals surface area contributed by atoms with Crippen LogP contribution in [0.3, 0.4) is 0 Å². The van der Waals surface area contributed by atoms with Crippen molar-refractivity contribution in [3.05, 3.63) is 39.4 Å². The number of nitrogens with zero attached hydrogens (tertiary/aromatic N) is 3. The van der Waals surface area contributed by atoms with Crippen molar-refractivity contribution in [3.63, 3.8) is 0 Å². The van der Waals surface area contributed by atoms with E-state index >= 15 is 0 Å². The summed E-state index contributed by atoms with van der Waals surface area (Å²) in [6.45, 7) is 1.64. The van der Waals surface area contributed by atoms with Gasteiger partial charge in [-0.25, -0.2) is 4.98 Å². The fraction of sp³-hybridized carbons (Fsp3) is 0.357. The van der Waals surface area contributed by atoms with E-state index in [2.05, 4.69) is 20.9 Å². The molecule has 1 aliphatic rings. The molecule has 20 heavy (non-hydrogen) atoms. The van der Waals surface area contributed by atoms with Gasteiger partial charge in [0.2, 0.25) is 5.91 Å². The van der Waals surface area contributed by atoms with Gasteiger partial charge in [-0.3, -0.25) is 14.2 Å². The minimum Gasteiger partial charge on any atom is -0.341 e. The Balaban J connectivity index is 1.96. The second kappa shape index (κ2) is 5.36. The molecule has 0 N–H and O–H groups in total. The molecule has 6 heteroatoms. The summed E-state index contributed by atoms with van der Waals surface area (Å²) < 4.78 is 2.09. The zero-order chi connectivity index (χ0) is 14.1. The van der Waals surface area contributed by atoms with E-state index in [4.69, 9.17) is 0 Å². The average molecular weight is 336 g/mol. The topological polar surface area (TPSA) is 55.2 Å². The highest BCUT2D eigenvalue weighted by Gasteiger charge is 2.19. The first kappa shape index (κ1) is 13.3. The SMILES string of the molecule is O=C(Cn1cnc2cccc(Br)c2c1=O)N1CCCC1. The largest absolute Gasteiger partial charge is 0.341 e. The summed E-state index contributed by atoms with van der Waals surface area (Å²) in [5, 5.41) is 0.518. The number of hydrogen-bond donors (Lipinski definition) is 0. The van der Waals surface area contributed by atoms with Gasteiger partial charge in [0.1, 0.15) is 6.54 Å². The lowest BCUT2D eigenvalue weighted by molar-refractivity contribution is -0.130. The standard InChI is InChI=1S/C14H14BrN3O2/c15-10-4-3-5-11-13(10)14(20)18(9-16-11)8-12(19)17-6-1-2-7-17/h3-5,9H,1-2,6-8H2. The van der Waals surface area contributed by atoms with Crippen LogP contribution in [0.1, 0.15) is 12.8 Å². The monoisotopic (exact) mass is 335 g/mol. The summed E-state index contributed by atoms with van der Waals surface area (Å²) in [6, 6.07) is 5.42. The van der Waals surface area contributed by atoms with Gasteiger partial charge in [0.05, 0.1) is 17.2 Å². The van der Waals surface area contributed by atoms with Gasteiger partial charge in [-0.15, -0.1) is 0 Å². The Morgan fingerprint density at radius 1 is 1.30 bits per heavy atom.